The number of nitrogens with zero attached hydrogens (tertiary/aromatic N) is 1. The molecule has 4 N–H and O–H groups in total. The maximum atomic E-state index is 12.9. The lowest BCUT2D eigenvalue weighted by atomic mass is 10.0. The molecule has 0 fully saturated rings. The molecule has 4 heteroatoms. The first-order valence-corrected chi connectivity index (χ1v) is 3.82. The number of hydrogen-bond donors (Lipinski definition) is 2. The summed E-state index contributed by atoms with van der Waals surface area (Å²) in [7, 11) is 0. The van der Waals surface area contributed by atoms with E-state index < -0.39 is 11.9 Å². The quantitative estimate of drug-likeness (QED) is 0.672. The van der Waals surface area contributed by atoms with Gasteiger partial charge < -0.3 is 11.5 Å². The summed E-state index contributed by atoms with van der Waals surface area (Å²) in [5, 5.41) is 8.37. The van der Waals surface area contributed by atoms with E-state index in [0.717, 1.165) is 0 Å². The summed E-state index contributed by atoms with van der Waals surface area (Å²) in [5.74, 6) is -0.495. The maximum absolute atomic E-state index is 12.9. The van der Waals surface area contributed by atoms with Crippen molar-refractivity contribution in [2.75, 3.05) is 5.73 Å². The molecular weight excluding hydrogens is 169 g/mol. The lowest BCUT2D eigenvalue weighted by molar-refractivity contribution is 0.624. The van der Waals surface area contributed by atoms with Crippen LogP contribution in [-0.4, -0.2) is 0 Å². The molecule has 1 rings (SSSR count). The Morgan fingerprint density at radius 3 is 2.77 bits per heavy atom. The van der Waals surface area contributed by atoms with Crippen LogP contribution in [0.2, 0.25) is 0 Å². The van der Waals surface area contributed by atoms with Crippen molar-refractivity contribution in [3.63, 3.8) is 0 Å². The Morgan fingerprint density at radius 1 is 1.54 bits per heavy atom. The van der Waals surface area contributed by atoms with E-state index in [1.54, 1.807) is 6.07 Å². The van der Waals surface area contributed by atoms with Gasteiger partial charge in [0.2, 0.25) is 0 Å². The standard InChI is InChI=1S/C9H10FN3/c10-7-5-6(1-2-9(7)13)8(12)3-4-11/h1-2,5,8H,3,12-13H2/t8-/m1/s1. The minimum Gasteiger partial charge on any atom is -0.396 e. The third-order valence-electron chi connectivity index (χ3n) is 1.76. The summed E-state index contributed by atoms with van der Waals surface area (Å²) in [4.78, 5) is 0. The van der Waals surface area contributed by atoms with Crippen molar-refractivity contribution in [3.05, 3.63) is 29.6 Å². The molecule has 0 saturated carbocycles. The highest BCUT2D eigenvalue weighted by Crippen LogP contribution is 2.18. The minimum absolute atomic E-state index is 0.0907. The van der Waals surface area contributed by atoms with Gasteiger partial charge in [0.25, 0.3) is 0 Å². The summed E-state index contributed by atoms with van der Waals surface area (Å²) in [5.41, 5.74) is 11.6. The van der Waals surface area contributed by atoms with Crippen LogP contribution in [-0.2, 0) is 0 Å². The smallest absolute Gasteiger partial charge is 0.146 e. The molecule has 0 saturated heterocycles. The van der Waals surface area contributed by atoms with E-state index in [0.29, 0.717) is 5.56 Å². The van der Waals surface area contributed by atoms with Crippen LogP contribution in [0.25, 0.3) is 0 Å². The van der Waals surface area contributed by atoms with E-state index in [4.69, 9.17) is 16.7 Å². The van der Waals surface area contributed by atoms with Gasteiger partial charge in [-0.1, -0.05) is 6.07 Å². The fourth-order valence-corrected chi connectivity index (χ4v) is 0.990. The second-order valence-corrected chi connectivity index (χ2v) is 2.75. The lowest BCUT2D eigenvalue weighted by Crippen LogP contribution is -2.09. The Bertz CT molecular complexity index is 343. The van der Waals surface area contributed by atoms with Crippen molar-refractivity contribution < 1.29 is 4.39 Å². The van der Waals surface area contributed by atoms with Crippen molar-refractivity contribution in [1.82, 2.24) is 0 Å². The molecule has 1 atom stereocenters. The average molecular weight is 179 g/mol. The van der Waals surface area contributed by atoms with Gasteiger partial charge in [-0.15, -0.1) is 0 Å². The summed E-state index contributed by atoms with van der Waals surface area (Å²) in [6.07, 6.45) is 0.170. The topological polar surface area (TPSA) is 75.8 Å². The van der Waals surface area contributed by atoms with Gasteiger partial charge in [-0.25, -0.2) is 4.39 Å². The number of benzene rings is 1. The second-order valence-electron chi connectivity index (χ2n) is 2.75. The van der Waals surface area contributed by atoms with Crippen molar-refractivity contribution in [2.24, 2.45) is 5.73 Å². The van der Waals surface area contributed by atoms with Gasteiger partial charge in [-0.2, -0.15) is 5.26 Å². The maximum Gasteiger partial charge on any atom is 0.146 e. The zero-order valence-corrected chi connectivity index (χ0v) is 7.00. The van der Waals surface area contributed by atoms with Gasteiger partial charge in [-0.3, -0.25) is 0 Å². The largest absolute Gasteiger partial charge is 0.396 e. The fraction of sp³-hybridized carbons (Fsp3) is 0.222. The second kappa shape index (κ2) is 3.87. The SMILES string of the molecule is N#CC[C@@H](N)c1ccc(N)c(F)c1. The van der Waals surface area contributed by atoms with Gasteiger partial charge >= 0.3 is 0 Å². The Labute approximate surface area is 75.8 Å². The third-order valence-corrected chi connectivity index (χ3v) is 1.76. The zero-order valence-electron chi connectivity index (χ0n) is 7.00. The Balaban J connectivity index is 2.91. The molecule has 13 heavy (non-hydrogen) atoms. The van der Waals surface area contributed by atoms with E-state index in [-0.39, 0.29) is 12.1 Å². The van der Waals surface area contributed by atoms with Crippen LogP contribution < -0.4 is 11.5 Å². The molecule has 1 aromatic carbocycles. The predicted molar refractivity (Wildman–Crippen MR) is 48.0 cm³/mol. The summed E-state index contributed by atoms with van der Waals surface area (Å²) in [6, 6.07) is 5.81. The van der Waals surface area contributed by atoms with E-state index in [1.807, 2.05) is 6.07 Å². The molecule has 68 valence electrons. The number of nitriles is 1. The molecule has 0 aromatic heterocycles. The highest BCUT2D eigenvalue weighted by atomic mass is 19.1. The molecule has 0 aliphatic carbocycles. The van der Waals surface area contributed by atoms with Crippen molar-refractivity contribution in [2.45, 2.75) is 12.5 Å². The number of nitrogen functional groups attached to an aromatic ring is 1. The number of rotatable bonds is 2. The van der Waals surface area contributed by atoms with Gasteiger partial charge in [0.05, 0.1) is 18.2 Å². The Hall–Kier alpha value is -1.60. The summed E-state index contributed by atoms with van der Waals surface area (Å²) >= 11 is 0. The number of halogens is 1. The van der Waals surface area contributed by atoms with Crippen LogP contribution in [0.1, 0.15) is 18.0 Å². The molecule has 0 aliphatic heterocycles. The van der Waals surface area contributed by atoms with E-state index in [9.17, 15) is 4.39 Å². The monoisotopic (exact) mass is 179 g/mol. The van der Waals surface area contributed by atoms with Gasteiger partial charge in [0.1, 0.15) is 5.82 Å². The van der Waals surface area contributed by atoms with Crippen molar-refractivity contribution >= 4 is 5.69 Å². The molecule has 0 heterocycles. The van der Waals surface area contributed by atoms with Crippen LogP contribution >= 0.6 is 0 Å². The first kappa shape index (κ1) is 9.49. The molecule has 0 bridgehead atoms. The van der Waals surface area contributed by atoms with Gasteiger partial charge in [-0.05, 0) is 17.7 Å². The molecule has 0 spiro atoms. The number of nitrogens with two attached hydrogens (primary N) is 2. The van der Waals surface area contributed by atoms with Crippen LogP contribution in [0.15, 0.2) is 18.2 Å². The molecule has 0 unspecified atom stereocenters. The van der Waals surface area contributed by atoms with Gasteiger partial charge in [0, 0.05) is 6.04 Å². The number of hydrogen-bond acceptors (Lipinski definition) is 3. The van der Waals surface area contributed by atoms with Crippen LogP contribution in [0.3, 0.4) is 0 Å². The zero-order chi connectivity index (χ0) is 9.84. The van der Waals surface area contributed by atoms with Crippen LogP contribution in [0.5, 0.6) is 0 Å². The van der Waals surface area contributed by atoms with Gasteiger partial charge in [0.15, 0.2) is 0 Å². The molecular formula is C9H10FN3. The molecule has 0 radical (unpaired) electrons. The Morgan fingerprint density at radius 2 is 2.23 bits per heavy atom. The summed E-state index contributed by atoms with van der Waals surface area (Å²) in [6.45, 7) is 0. The van der Waals surface area contributed by atoms with Crippen molar-refractivity contribution in [3.8, 4) is 6.07 Å². The molecule has 1 aromatic rings. The van der Waals surface area contributed by atoms with E-state index >= 15 is 0 Å². The highest BCUT2D eigenvalue weighted by Gasteiger charge is 2.07. The molecule has 0 amide bonds. The third kappa shape index (κ3) is 2.17. The lowest BCUT2D eigenvalue weighted by Gasteiger charge is -2.08. The first-order chi connectivity index (χ1) is 6.15. The fourth-order valence-electron chi connectivity index (χ4n) is 0.990. The first-order valence-electron chi connectivity index (χ1n) is 3.82. The predicted octanol–water partition coefficient (Wildman–Crippen LogP) is 1.32. The van der Waals surface area contributed by atoms with Crippen LogP contribution in [0.4, 0.5) is 10.1 Å². The normalized spacial score (nSPS) is 12.1. The minimum atomic E-state index is -0.495. The Kier molecular flexibility index (Phi) is 2.83. The average Bonchev–Trinajstić information content (AvgIpc) is 2.10. The molecule has 0 aliphatic rings. The highest BCUT2D eigenvalue weighted by molar-refractivity contribution is 5.42. The van der Waals surface area contributed by atoms with Crippen molar-refractivity contribution in [1.29, 1.82) is 5.26 Å². The molecule has 3 nitrogen and oxygen atoms in total. The van der Waals surface area contributed by atoms with E-state index in [1.165, 1.54) is 12.1 Å². The van der Waals surface area contributed by atoms with Crippen LogP contribution in [0, 0.1) is 17.1 Å². The summed E-state index contributed by atoms with van der Waals surface area (Å²) < 4.78 is 12.9. The number of anilines is 1. The van der Waals surface area contributed by atoms with E-state index in [2.05, 4.69) is 0 Å².